The van der Waals surface area contributed by atoms with Crippen molar-refractivity contribution >= 4 is 50.8 Å². The zero-order valence-electron chi connectivity index (χ0n) is 13.9. The number of hydrogen-bond donors (Lipinski definition) is 0. The van der Waals surface area contributed by atoms with E-state index in [4.69, 9.17) is 16.3 Å². The molecule has 1 aromatic carbocycles. The van der Waals surface area contributed by atoms with Crippen LogP contribution in [0, 0.1) is 11.6 Å². The standard InChI is InChI=1S/C16H14BrClF3N3O2S/c17-9-10(18)11(19)8-13(12(9)20)22-15(24(27-21)14(8)25)26-7-16-3-1-5-23(16)6-2-4-16/h1-7H2. The summed E-state index contributed by atoms with van der Waals surface area (Å²) in [7, 11) is 0. The topological polar surface area (TPSA) is 47.4 Å². The molecule has 0 atom stereocenters. The molecule has 4 rings (SSSR count). The number of nitrogens with zero attached hydrogens (tertiary/aromatic N) is 3. The van der Waals surface area contributed by atoms with Crippen molar-refractivity contribution in [3.63, 3.8) is 0 Å². The molecule has 0 saturated carbocycles. The number of ether oxygens (including phenoxy) is 1. The maximum atomic E-state index is 14.5. The normalized spacial score (nSPS) is 19.0. The first kappa shape index (κ1) is 19.4. The Balaban J connectivity index is 1.80. The number of hydrogen-bond acceptors (Lipinski definition) is 5. The summed E-state index contributed by atoms with van der Waals surface area (Å²) in [6.07, 6.45) is 3.92. The molecule has 0 radical (unpaired) electrons. The van der Waals surface area contributed by atoms with Gasteiger partial charge in [-0.25, -0.2) is 8.78 Å². The van der Waals surface area contributed by atoms with Crippen molar-refractivity contribution in [2.75, 3.05) is 19.7 Å². The SMILES string of the molecule is O=c1c2c(F)c(Cl)c(Br)c(F)c2nc(OCC23CCCN2CCC3)n1SF. The smallest absolute Gasteiger partial charge is 0.312 e. The van der Waals surface area contributed by atoms with Gasteiger partial charge in [0.05, 0.1) is 15.0 Å². The third kappa shape index (κ3) is 2.95. The molecule has 0 N–H and O–H groups in total. The quantitative estimate of drug-likeness (QED) is 0.473. The van der Waals surface area contributed by atoms with Crippen LogP contribution in [0.5, 0.6) is 6.01 Å². The zero-order chi connectivity index (χ0) is 19.3. The van der Waals surface area contributed by atoms with E-state index in [0.29, 0.717) is 3.97 Å². The number of halogens is 5. The van der Waals surface area contributed by atoms with Crippen LogP contribution in [0.25, 0.3) is 10.9 Å². The lowest BCUT2D eigenvalue weighted by atomic mass is 9.95. The van der Waals surface area contributed by atoms with Gasteiger partial charge in [0.1, 0.15) is 17.5 Å². The highest BCUT2D eigenvalue weighted by molar-refractivity contribution is 9.10. The van der Waals surface area contributed by atoms with E-state index in [-0.39, 0.29) is 16.6 Å². The summed E-state index contributed by atoms with van der Waals surface area (Å²) in [5.41, 5.74) is -1.84. The molecule has 1 aromatic heterocycles. The minimum Gasteiger partial charge on any atom is -0.462 e. The summed E-state index contributed by atoms with van der Waals surface area (Å²) >= 11 is 8.07. The lowest BCUT2D eigenvalue weighted by Crippen LogP contribution is -2.44. The first-order valence-corrected chi connectivity index (χ1v) is 10.2. The van der Waals surface area contributed by atoms with Crippen LogP contribution in [0.1, 0.15) is 25.7 Å². The molecule has 3 heterocycles. The van der Waals surface area contributed by atoms with E-state index in [1.165, 1.54) is 0 Å². The molecular weight excluding hydrogens is 471 g/mol. The highest BCUT2D eigenvalue weighted by Crippen LogP contribution is 2.39. The third-order valence-electron chi connectivity index (χ3n) is 5.37. The van der Waals surface area contributed by atoms with E-state index in [9.17, 15) is 17.5 Å². The molecule has 11 heteroatoms. The van der Waals surface area contributed by atoms with E-state index < -0.39 is 51.5 Å². The van der Waals surface area contributed by atoms with Gasteiger partial charge in [0, 0.05) is 0 Å². The van der Waals surface area contributed by atoms with E-state index in [0.717, 1.165) is 38.8 Å². The highest BCUT2D eigenvalue weighted by atomic mass is 79.9. The Hall–Kier alpha value is -0.970. The Labute approximate surface area is 170 Å². The van der Waals surface area contributed by atoms with Crippen molar-refractivity contribution in [1.29, 1.82) is 0 Å². The monoisotopic (exact) mass is 483 g/mol. The largest absolute Gasteiger partial charge is 0.462 e. The Morgan fingerprint density at radius 2 is 1.93 bits per heavy atom. The Morgan fingerprint density at radius 1 is 1.26 bits per heavy atom. The van der Waals surface area contributed by atoms with Crippen LogP contribution in [-0.4, -0.2) is 39.1 Å². The fourth-order valence-corrected chi connectivity index (χ4v) is 4.91. The Bertz CT molecular complexity index is 980. The van der Waals surface area contributed by atoms with Crippen molar-refractivity contribution in [3.8, 4) is 6.01 Å². The van der Waals surface area contributed by atoms with E-state index in [2.05, 4.69) is 25.8 Å². The molecular formula is C16H14BrClF3N3O2S. The average molecular weight is 485 g/mol. The van der Waals surface area contributed by atoms with Crippen LogP contribution in [0.2, 0.25) is 5.02 Å². The van der Waals surface area contributed by atoms with Crippen molar-refractivity contribution in [1.82, 2.24) is 13.9 Å². The predicted octanol–water partition coefficient (Wildman–Crippen LogP) is 4.48. The van der Waals surface area contributed by atoms with Gasteiger partial charge >= 0.3 is 6.01 Å². The second kappa shape index (κ2) is 7.13. The van der Waals surface area contributed by atoms with Crippen LogP contribution >= 0.6 is 39.9 Å². The minimum absolute atomic E-state index is 0.178. The van der Waals surface area contributed by atoms with Crippen molar-refractivity contribution in [3.05, 3.63) is 31.5 Å². The fraction of sp³-hybridized carbons (Fsp3) is 0.500. The Morgan fingerprint density at radius 3 is 2.56 bits per heavy atom. The van der Waals surface area contributed by atoms with Crippen molar-refractivity contribution < 1.29 is 17.4 Å². The summed E-state index contributed by atoms with van der Waals surface area (Å²) in [5, 5.41) is -1.32. The lowest BCUT2D eigenvalue weighted by Gasteiger charge is -2.31. The van der Waals surface area contributed by atoms with Gasteiger partial charge in [-0.3, -0.25) is 9.69 Å². The van der Waals surface area contributed by atoms with Gasteiger partial charge in [-0.05, 0) is 54.7 Å². The van der Waals surface area contributed by atoms with Gasteiger partial charge < -0.3 is 4.74 Å². The molecule has 0 unspecified atom stereocenters. The molecule has 2 fully saturated rings. The fourth-order valence-electron chi connectivity index (χ4n) is 4.06. The predicted molar refractivity (Wildman–Crippen MR) is 101 cm³/mol. The Kier molecular flexibility index (Phi) is 5.11. The van der Waals surface area contributed by atoms with Gasteiger partial charge in [0.25, 0.3) is 5.56 Å². The van der Waals surface area contributed by atoms with Crippen LogP contribution in [0.4, 0.5) is 12.7 Å². The zero-order valence-corrected chi connectivity index (χ0v) is 17.1. The van der Waals surface area contributed by atoms with E-state index >= 15 is 0 Å². The van der Waals surface area contributed by atoms with Crippen molar-refractivity contribution in [2.45, 2.75) is 31.2 Å². The highest BCUT2D eigenvalue weighted by Gasteiger charge is 2.45. The van der Waals surface area contributed by atoms with Gasteiger partial charge in [-0.15, -0.1) is 3.89 Å². The first-order valence-electron chi connectivity index (χ1n) is 8.35. The van der Waals surface area contributed by atoms with Crippen molar-refractivity contribution in [2.24, 2.45) is 0 Å². The molecule has 2 aliphatic rings. The third-order valence-corrected chi connectivity index (χ3v) is 7.16. The molecule has 2 aromatic rings. The molecule has 5 nitrogen and oxygen atoms in total. The molecule has 0 spiro atoms. The molecule has 0 aliphatic carbocycles. The lowest BCUT2D eigenvalue weighted by molar-refractivity contribution is 0.106. The van der Waals surface area contributed by atoms with E-state index in [1.54, 1.807) is 0 Å². The molecule has 0 bridgehead atoms. The van der Waals surface area contributed by atoms with Crippen LogP contribution < -0.4 is 10.3 Å². The summed E-state index contributed by atoms with van der Waals surface area (Å²) in [4.78, 5) is 18.7. The molecule has 146 valence electrons. The number of benzene rings is 1. The van der Waals surface area contributed by atoms with Gasteiger partial charge in [-0.1, -0.05) is 11.6 Å². The summed E-state index contributed by atoms with van der Waals surface area (Å²) in [6.45, 7) is 2.12. The second-order valence-corrected chi connectivity index (χ2v) is 8.42. The second-order valence-electron chi connectivity index (χ2n) is 6.75. The van der Waals surface area contributed by atoms with Gasteiger partial charge in [0.2, 0.25) is 0 Å². The number of aromatic nitrogens is 2. The summed E-state index contributed by atoms with van der Waals surface area (Å²) in [6, 6.07) is -0.402. The molecule has 27 heavy (non-hydrogen) atoms. The van der Waals surface area contributed by atoms with Gasteiger partial charge in [-0.2, -0.15) is 8.96 Å². The molecule has 2 saturated heterocycles. The number of rotatable bonds is 4. The summed E-state index contributed by atoms with van der Waals surface area (Å²) < 4.78 is 48.2. The average Bonchev–Trinajstić information content (AvgIpc) is 3.22. The van der Waals surface area contributed by atoms with Gasteiger partial charge in [0.15, 0.2) is 24.0 Å². The van der Waals surface area contributed by atoms with Crippen LogP contribution in [0.3, 0.4) is 0 Å². The maximum absolute atomic E-state index is 14.5. The van der Waals surface area contributed by atoms with Crippen LogP contribution in [-0.2, 0) is 0 Å². The summed E-state index contributed by atoms with van der Waals surface area (Å²) in [5.74, 6) is -2.17. The van der Waals surface area contributed by atoms with Crippen LogP contribution in [0.15, 0.2) is 9.27 Å². The maximum Gasteiger partial charge on any atom is 0.312 e. The van der Waals surface area contributed by atoms with E-state index in [1.807, 2.05) is 0 Å². The molecule has 0 amide bonds. The number of fused-ring (bicyclic) bond motifs is 2. The minimum atomic E-state index is -1.16. The first-order chi connectivity index (χ1) is 12.9. The molecule has 2 aliphatic heterocycles.